The molecule has 1 aromatic carbocycles. The normalized spacial score (nSPS) is 11.8. The molecule has 0 spiro atoms. The summed E-state index contributed by atoms with van der Waals surface area (Å²) in [5, 5.41) is 4.75. The summed E-state index contributed by atoms with van der Waals surface area (Å²) < 4.78 is 5.33. The molecule has 0 saturated carbocycles. The molecule has 2 aromatic rings. The van der Waals surface area contributed by atoms with Crippen molar-refractivity contribution in [2.24, 2.45) is 0 Å². The molecule has 3 heteroatoms. The number of hydrogen-bond donors (Lipinski definition) is 0. The number of aromatic nitrogens is 1. The lowest BCUT2D eigenvalue weighted by atomic mass is 9.93. The van der Waals surface area contributed by atoms with Crippen molar-refractivity contribution in [1.29, 1.82) is 0 Å². The van der Waals surface area contributed by atoms with Gasteiger partial charge in [0.1, 0.15) is 11.5 Å². The molecule has 0 saturated heterocycles. The Morgan fingerprint density at radius 1 is 1.19 bits per heavy atom. The molecule has 0 aliphatic heterocycles. The highest BCUT2D eigenvalue weighted by atomic mass is 35.5. The van der Waals surface area contributed by atoms with E-state index in [1.807, 2.05) is 30.3 Å². The highest BCUT2D eigenvalue weighted by Gasteiger charge is 2.20. The fourth-order valence-corrected chi connectivity index (χ4v) is 1.66. The lowest BCUT2D eigenvalue weighted by Crippen LogP contribution is -2.09. The van der Waals surface area contributed by atoms with Crippen LogP contribution in [0.15, 0.2) is 34.9 Å². The van der Waals surface area contributed by atoms with E-state index in [0.717, 1.165) is 17.0 Å². The fourth-order valence-electron chi connectivity index (χ4n) is 1.42. The second-order valence-corrected chi connectivity index (χ2v) is 5.21. The molecule has 16 heavy (non-hydrogen) atoms. The topological polar surface area (TPSA) is 26.0 Å². The Morgan fingerprint density at radius 2 is 1.88 bits per heavy atom. The van der Waals surface area contributed by atoms with Gasteiger partial charge in [-0.25, -0.2) is 0 Å². The minimum Gasteiger partial charge on any atom is -0.360 e. The summed E-state index contributed by atoms with van der Waals surface area (Å²) in [5.74, 6) is 0.863. The Bertz CT molecular complexity index is 497. The van der Waals surface area contributed by atoms with E-state index in [0.29, 0.717) is 5.02 Å². The van der Waals surface area contributed by atoms with E-state index in [1.165, 1.54) is 0 Å². The highest BCUT2D eigenvalue weighted by molar-refractivity contribution is 6.33. The van der Waals surface area contributed by atoms with Crippen LogP contribution >= 0.6 is 11.6 Å². The lowest BCUT2D eigenvalue weighted by molar-refractivity contribution is 0.330. The molecule has 2 rings (SSSR count). The summed E-state index contributed by atoms with van der Waals surface area (Å²) in [6.07, 6.45) is 0. The van der Waals surface area contributed by atoms with Crippen LogP contribution in [0.5, 0.6) is 0 Å². The van der Waals surface area contributed by atoms with Crippen LogP contribution in [0.4, 0.5) is 0 Å². The largest absolute Gasteiger partial charge is 0.360 e. The van der Waals surface area contributed by atoms with Gasteiger partial charge in [0, 0.05) is 17.0 Å². The second-order valence-electron chi connectivity index (χ2n) is 4.81. The number of hydrogen-bond acceptors (Lipinski definition) is 2. The zero-order valence-electron chi connectivity index (χ0n) is 9.62. The Balaban J connectivity index is 2.44. The highest BCUT2D eigenvalue weighted by Crippen LogP contribution is 2.30. The molecule has 0 aliphatic rings. The maximum Gasteiger partial charge on any atom is 0.142 e. The SMILES string of the molecule is CC(C)(C)c1cc(-c2ccccc2Cl)no1. The molecule has 0 N–H and O–H groups in total. The third-order valence-electron chi connectivity index (χ3n) is 2.40. The third-order valence-corrected chi connectivity index (χ3v) is 2.73. The average Bonchev–Trinajstić information content (AvgIpc) is 2.66. The second kappa shape index (κ2) is 3.95. The number of nitrogens with zero attached hydrogens (tertiary/aromatic N) is 1. The minimum atomic E-state index is -0.0352. The van der Waals surface area contributed by atoms with Crippen LogP contribution in [-0.4, -0.2) is 5.16 Å². The van der Waals surface area contributed by atoms with Crippen molar-refractivity contribution < 1.29 is 4.52 Å². The molecule has 0 atom stereocenters. The van der Waals surface area contributed by atoms with E-state index in [-0.39, 0.29) is 5.41 Å². The first-order valence-corrected chi connectivity index (χ1v) is 5.58. The molecule has 0 radical (unpaired) electrons. The van der Waals surface area contributed by atoms with Gasteiger partial charge in [0.15, 0.2) is 0 Å². The van der Waals surface area contributed by atoms with Crippen molar-refractivity contribution in [3.05, 3.63) is 41.1 Å². The summed E-state index contributed by atoms with van der Waals surface area (Å²) in [6.45, 7) is 6.26. The van der Waals surface area contributed by atoms with Crippen molar-refractivity contribution in [2.45, 2.75) is 26.2 Å². The van der Waals surface area contributed by atoms with Gasteiger partial charge >= 0.3 is 0 Å². The minimum absolute atomic E-state index is 0.0352. The zero-order chi connectivity index (χ0) is 11.8. The molecule has 0 amide bonds. The monoisotopic (exact) mass is 235 g/mol. The molecule has 0 bridgehead atoms. The van der Waals surface area contributed by atoms with E-state index in [1.54, 1.807) is 0 Å². The van der Waals surface area contributed by atoms with Gasteiger partial charge in [-0.3, -0.25) is 0 Å². The fraction of sp³-hybridized carbons (Fsp3) is 0.308. The van der Waals surface area contributed by atoms with Gasteiger partial charge < -0.3 is 4.52 Å². The van der Waals surface area contributed by atoms with E-state index in [9.17, 15) is 0 Å². The number of halogens is 1. The van der Waals surface area contributed by atoms with Crippen molar-refractivity contribution in [3.63, 3.8) is 0 Å². The van der Waals surface area contributed by atoms with Crippen molar-refractivity contribution in [1.82, 2.24) is 5.16 Å². The Morgan fingerprint density at radius 3 is 2.44 bits per heavy atom. The Labute approximate surface area is 100 Å². The Kier molecular flexibility index (Phi) is 2.76. The van der Waals surface area contributed by atoms with E-state index in [4.69, 9.17) is 16.1 Å². The van der Waals surface area contributed by atoms with Gasteiger partial charge in [-0.1, -0.05) is 55.7 Å². The zero-order valence-corrected chi connectivity index (χ0v) is 10.4. The summed E-state index contributed by atoms with van der Waals surface area (Å²) in [6, 6.07) is 9.57. The van der Waals surface area contributed by atoms with Crippen LogP contribution in [0.2, 0.25) is 5.02 Å². The summed E-state index contributed by atoms with van der Waals surface area (Å²) in [7, 11) is 0. The third kappa shape index (κ3) is 2.12. The molecular weight excluding hydrogens is 222 g/mol. The first-order chi connectivity index (χ1) is 7.48. The molecule has 2 nitrogen and oxygen atoms in total. The van der Waals surface area contributed by atoms with Crippen molar-refractivity contribution >= 4 is 11.6 Å². The standard InChI is InChI=1S/C13H14ClNO/c1-13(2,3)12-8-11(15-16-12)9-6-4-5-7-10(9)14/h4-8H,1-3H3. The summed E-state index contributed by atoms with van der Waals surface area (Å²) >= 11 is 6.10. The van der Waals surface area contributed by atoms with Crippen LogP contribution in [0, 0.1) is 0 Å². The van der Waals surface area contributed by atoms with Gasteiger partial charge in [0.25, 0.3) is 0 Å². The molecule has 1 heterocycles. The molecule has 0 unspecified atom stereocenters. The first kappa shape index (κ1) is 11.2. The average molecular weight is 236 g/mol. The van der Waals surface area contributed by atoms with Gasteiger partial charge in [0.2, 0.25) is 0 Å². The smallest absolute Gasteiger partial charge is 0.142 e. The van der Waals surface area contributed by atoms with E-state index >= 15 is 0 Å². The van der Waals surface area contributed by atoms with Crippen LogP contribution in [-0.2, 0) is 5.41 Å². The lowest BCUT2D eigenvalue weighted by Gasteiger charge is -2.12. The molecule has 1 aromatic heterocycles. The van der Waals surface area contributed by atoms with Crippen LogP contribution < -0.4 is 0 Å². The van der Waals surface area contributed by atoms with Gasteiger partial charge in [-0.15, -0.1) is 0 Å². The molecule has 84 valence electrons. The number of rotatable bonds is 1. The van der Waals surface area contributed by atoms with Crippen LogP contribution in [0.1, 0.15) is 26.5 Å². The van der Waals surface area contributed by atoms with Gasteiger partial charge in [0.05, 0.1) is 5.02 Å². The van der Waals surface area contributed by atoms with Crippen LogP contribution in [0.25, 0.3) is 11.3 Å². The quantitative estimate of drug-likeness (QED) is 0.737. The van der Waals surface area contributed by atoms with E-state index < -0.39 is 0 Å². The number of benzene rings is 1. The molecule has 0 aliphatic carbocycles. The Hall–Kier alpha value is -1.28. The predicted molar refractivity (Wildman–Crippen MR) is 65.6 cm³/mol. The molecule has 0 fully saturated rings. The van der Waals surface area contributed by atoms with Gasteiger partial charge in [-0.05, 0) is 6.07 Å². The van der Waals surface area contributed by atoms with Crippen LogP contribution in [0.3, 0.4) is 0 Å². The predicted octanol–water partition coefficient (Wildman–Crippen LogP) is 4.29. The van der Waals surface area contributed by atoms with E-state index in [2.05, 4.69) is 25.9 Å². The van der Waals surface area contributed by atoms with Crippen molar-refractivity contribution in [2.75, 3.05) is 0 Å². The summed E-state index contributed by atoms with van der Waals surface area (Å²) in [5.41, 5.74) is 1.66. The maximum atomic E-state index is 6.10. The molecular formula is C13H14ClNO. The first-order valence-electron chi connectivity index (χ1n) is 5.20. The van der Waals surface area contributed by atoms with Crippen molar-refractivity contribution in [3.8, 4) is 11.3 Å². The summed E-state index contributed by atoms with van der Waals surface area (Å²) in [4.78, 5) is 0. The maximum absolute atomic E-state index is 6.10. The van der Waals surface area contributed by atoms with Gasteiger partial charge in [-0.2, -0.15) is 0 Å².